The van der Waals surface area contributed by atoms with E-state index in [0.717, 1.165) is 36.6 Å². The molecule has 2 aromatic heterocycles. The van der Waals surface area contributed by atoms with Crippen molar-refractivity contribution in [2.45, 2.75) is 38.5 Å². The molecular weight excluding hydrogens is 302 g/mol. The van der Waals surface area contributed by atoms with Gasteiger partial charge in [0.2, 0.25) is 0 Å². The molecular formula is C14H19N5O2S. The Hall–Kier alpha value is -1.93. The summed E-state index contributed by atoms with van der Waals surface area (Å²) in [6.45, 7) is 3.07. The Morgan fingerprint density at radius 1 is 1.50 bits per heavy atom. The molecule has 3 rings (SSSR count). The molecule has 0 bridgehead atoms. The van der Waals surface area contributed by atoms with E-state index < -0.39 is 5.60 Å². The largest absolute Gasteiger partial charge is 0.384 e. The van der Waals surface area contributed by atoms with E-state index in [1.54, 1.807) is 6.92 Å². The highest BCUT2D eigenvalue weighted by molar-refractivity contribution is 7.08. The third-order valence-electron chi connectivity index (χ3n) is 3.83. The van der Waals surface area contributed by atoms with Crippen molar-refractivity contribution in [1.29, 1.82) is 0 Å². The van der Waals surface area contributed by atoms with Crippen LogP contribution in [0.15, 0.2) is 16.8 Å². The van der Waals surface area contributed by atoms with Gasteiger partial charge in [0.05, 0.1) is 13.1 Å². The summed E-state index contributed by atoms with van der Waals surface area (Å²) in [5.74, 6) is 1.75. The highest BCUT2D eigenvalue weighted by atomic mass is 32.1. The van der Waals surface area contributed by atoms with Crippen molar-refractivity contribution < 1.29 is 9.90 Å². The molecule has 3 heterocycles. The molecule has 7 nitrogen and oxygen atoms in total. The number of nitrogens with zero attached hydrogens (tertiary/aromatic N) is 3. The lowest BCUT2D eigenvalue weighted by molar-refractivity contribution is 0.0598. The molecule has 2 aromatic rings. The number of hydrogen-bond donors (Lipinski definition) is 3. The Kier molecular flexibility index (Phi) is 4.12. The predicted octanol–water partition coefficient (Wildman–Crippen LogP) is 0.993. The second-order valence-electron chi connectivity index (χ2n) is 5.61. The molecule has 1 atom stereocenters. The normalized spacial score (nSPS) is 16.1. The Morgan fingerprint density at radius 2 is 2.36 bits per heavy atom. The maximum atomic E-state index is 11.9. The van der Waals surface area contributed by atoms with Gasteiger partial charge in [0.25, 0.3) is 0 Å². The molecule has 1 aliphatic heterocycles. The summed E-state index contributed by atoms with van der Waals surface area (Å²) in [5.41, 5.74) is -0.277. The number of aromatic nitrogens is 3. The summed E-state index contributed by atoms with van der Waals surface area (Å²) in [6, 6.07) is 1.52. The smallest absolute Gasteiger partial charge is 0.315 e. The van der Waals surface area contributed by atoms with Crippen molar-refractivity contribution in [3.8, 4) is 0 Å². The topological polar surface area (TPSA) is 92.1 Å². The van der Waals surface area contributed by atoms with Crippen molar-refractivity contribution in [2.24, 2.45) is 0 Å². The SMILES string of the molecule is CC(O)(CNC(=O)NCc1nnc2n1CCC2)c1ccsc1. The summed E-state index contributed by atoms with van der Waals surface area (Å²) in [4.78, 5) is 11.9. The Labute approximate surface area is 132 Å². The van der Waals surface area contributed by atoms with E-state index in [-0.39, 0.29) is 12.6 Å². The predicted molar refractivity (Wildman–Crippen MR) is 82.5 cm³/mol. The summed E-state index contributed by atoms with van der Waals surface area (Å²) < 4.78 is 2.04. The average molecular weight is 321 g/mol. The van der Waals surface area contributed by atoms with E-state index >= 15 is 0 Å². The number of fused-ring (bicyclic) bond motifs is 1. The third-order valence-corrected chi connectivity index (χ3v) is 4.51. The Morgan fingerprint density at radius 3 is 3.14 bits per heavy atom. The number of carbonyl (C=O) groups excluding carboxylic acids is 1. The van der Waals surface area contributed by atoms with Gasteiger partial charge in [0, 0.05) is 13.0 Å². The monoisotopic (exact) mass is 321 g/mol. The number of rotatable bonds is 5. The van der Waals surface area contributed by atoms with Crippen LogP contribution >= 0.6 is 11.3 Å². The second-order valence-corrected chi connectivity index (χ2v) is 6.39. The lowest BCUT2D eigenvalue weighted by Crippen LogP contribution is -2.43. The summed E-state index contributed by atoms with van der Waals surface area (Å²) in [7, 11) is 0. The van der Waals surface area contributed by atoms with Gasteiger partial charge >= 0.3 is 6.03 Å². The molecule has 3 N–H and O–H groups in total. The first-order valence-corrected chi connectivity index (χ1v) is 8.18. The van der Waals surface area contributed by atoms with Crippen molar-refractivity contribution in [3.63, 3.8) is 0 Å². The molecule has 1 aliphatic rings. The molecule has 0 aliphatic carbocycles. The highest BCUT2D eigenvalue weighted by Crippen LogP contribution is 2.21. The number of hydrogen-bond acceptors (Lipinski definition) is 5. The molecule has 0 aromatic carbocycles. The van der Waals surface area contributed by atoms with Crippen LogP contribution in [0.1, 0.15) is 30.6 Å². The lowest BCUT2D eigenvalue weighted by Gasteiger charge is -2.22. The van der Waals surface area contributed by atoms with Crippen LogP contribution in [0.2, 0.25) is 0 Å². The van der Waals surface area contributed by atoms with Gasteiger partial charge in [-0.1, -0.05) is 0 Å². The van der Waals surface area contributed by atoms with E-state index in [4.69, 9.17) is 0 Å². The first-order valence-electron chi connectivity index (χ1n) is 7.24. The second kappa shape index (κ2) is 6.05. The van der Waals surface area contributed by atoms with Crippen LogP contribution in [-0.4, -0.2) is 32.4 Å². The van der Waals surface area contributed by atoms with E-state index in [1.165, 1.54) is 11.3 Å². The fourth-order valence-electron chi connectivity index (χ4n) is 2.49. The lowest BCUT2D eigenvalue weighted by atomic mass is 9.99. The molecule has 0 saturated heterocycles. The van der Waals surface area contributed by atoms with E-state index in [1.807, 2.05) is 21.4 Å². The Bertz CT molecular complexity index is 650. The van der Waals surface area contributed by atoms with Crippen molar-refractivity contribution in [2.75, 3.05) is 6.54 Å². The van der Waals surface area contributed by atoms with Crippen LogP contribution in [0.25, 0.3) is 0 Å². The zero-order valence-corrected chi connectivity index (χ0v) is 13.2. The van der Waals surface area contributed by atoms with Gasteiger partial charge in [-0.25, -0.2) is 4.79 Å². The van der Waals surface area contributed by atoms with Gasteiger partial charge < -0.3 is 20.3 Å². The molecule has 8 heteroatoms. The maximum absolute atomic E-state index is 11.9. The summed E-state index contributed by atoms with van der Waals surface area (Å²) in [6.07, 6.45) is 2.02. The number of nitrogens with one attached hydrogen (secondary N) is 2. The number of carbonyl (C=O) groups is 1. The van der Waals surface area contributed by atoms with Crippen LogP contribution in [0.3, 0.4) is 0 Å². The fourth-order valence-corrected chi connectivity index (χ4v) is 3.27. The maximum Gasteiger partial charge on any atom is 0.315 e. The van der Waals surface area contributed by atoms with Gasteiger partial charge in [-0.05, 0) is 35.7 Å². The minimum absolute atomic E-state index is 0.146. The number of amides is 2. The molecule has 0 saturated carbocycles. The summed E-state index contributed by atoms with van der Waals surface area (Å²) >= 11 is 1.51. The van der Waals surface area contributed by atoms with Gasteiger partial charge in [-0.3, -0.25) is 0 Å². The van der Waals surface area contributed by atoms with Crippen LogP contribution in [0.4, 0.5) is 4.79 Å². The molecule has 118 valence electrons. The number of aryl methyl sites for hydroxylation is 1. The molecule has 0 radical (unpaired) electrons. The zero-order chi connectivity index (χ0) is 15.6. The molecule has 0 fully saturated rings. The number of urea groups is 1. The van der Waals surface area contributed by atoms with Gasteiger partial charge in [0.1, 0.15) is 11.4 Å². The van der Waals surface area contributed by atoms with Crippen molar-refractivity contribution in [1.82, 2.24) is 25.4 Å². The summed E-state index contributed by atoms with van der Waals surface area (Å²) in [5, 5.41) is 27.7. The van der Waals surface area contributed by atoms with E-state index in [2.05, 4.69) is 20.8 Å². The van der Waals surface area contributed by atoms with Gasteiger partial charge in [-0.2, -0.15) is 11.3 Å². The fraction of sp³-hybridized carbons (Fsp3) is 0.500. The van der Waals surface area contributed by atoms with E-state index in [9.17, 15) is 9.90 Å². The minimum atomic E-state index is -1.08. The third kappa shape index (κ3) is 3.12. The van der Waals surface area contributed by atoms with Crippen LogP contribution < -0.4 is 10.6 Å². The Balaban J connectivity index is 1.48. The average Bonchev–Trinajstić information content (AvgIpc) is 3.19. The first kappa shape index (κ1) is 15.0. The number of aliphatic hydroxyl groups is 1. The van der Waals surface area contributed by atoms with Crippen LogP contribution in [-0.2, 0) is 25.1 Å². The van der Waals surface area contributed by atoms with Crippen molar-refractivity contribution in [3.05, 3.63) is 34.0 Å². The quantitative estimate of drug-likeness (QED) is 0.766. The molecule has 22 heavy (non-hydrogen) atoms. The molecule has 2 amide bonds. The van der Waals surface area contributed by atoms with Crippen LogP contribution in [0, 0.1) is 0 Å². The van der Waals surface area contributed by atoms with Crippen LogP contribution in [0.5, 0.6) is 0 Å². The highest BCUT2D eigenvalue weighted by Gasteiger charge is 2.24. The zero-order valence-electron chi connectivity index (χ0n) is 12.4. The molecule has 0 spiro atoms. The minimum Gasteiger partial charge on any atom is -0.384 e. The molecule has 1 unspecified atom stereocenters. The first-order chi connectivity index (χ1) is 10.6. The van der Waals surface area contributed by atoms with Gasteiger partial charge in [-0.15, -0.1) is 10.2 Å². The number of thiophene rings is 1. The van der Waals surface area contributed by atoms with E-state index in [0.29, 0.717) is 6.54 Å². The standard InChI is InChI=1S/C14H19N5O2S/c1-14(21,10-4-6-22-8-10)9-16-13(20)15-7-12-18-17-11-3-2-5-19(11)12/h4,6,8,21H,2-3,5,7,9H2,1H3,(H2,15,16,20). The van der Waals surface area contributed by atoms with Gasteiger partial charge in [0.15, 0.2) is 5.82 Å². The van der Waals surface area contributed by atoms with Crippen molar-refractivity contribution >= 4 is 17.4 Å².